The fraction of sp³-hybridized carbons (Fsp3) is 0.385. The van der Waals surface area contributed by atoms with E-state index >= 15 is 0 Å². The van der Waals surface area contributed by atoms with Crippen molar-refractivity contribution < 1.29 is 9.84 Å². The number of aliphatic hydroxyl groups excluding tert-OH is 1. The third-order valence-corrected chi connectivity index (χ3v) is 2.75. The van der Waals surface area contributed by atoms with Crippen molar-refractivity contribution in [2.75, 3.05) is 6.61 Å². The molecular formula is C13H16O2. The van der Waals surface area contributed by atoms with E-state index in [0.717, 1.165) is 30.6 Å². The van der Waals surface area contributed by atoms with Gasteiger partial charge in [0.1, 0.15) is 5.75 Å². The second kappa shape index (κ2) is 4.49. The summed E-state index contributed by atoms with van der Waals surface area (Å²) in [6, 6.07) is 5.93. The maximum absolute atomic E-state index is 9.63. The first kappa shape index (κ1) is 10.2. The zero-order valence-corrected chi connectivity index (χ0v) is 8.78. The highest BCUT2D eigenvalue weighted by Gasteiger charge is 2.20. The number of rotatable bonds is 4. The molecule has 0 unspecified atom stereocenters. The monoisotopic (exact) mass is 204 g/mol. The van der Waals surface area contributed by atoms with Crippen LogP contribution < -0.4 is 4.74 Å². The van der Waals surface area contributed by atoms with Crippen LogP contribution in [0.1, 0.15) is 30.1 Å². The van der Waals surface area contributed by atoms with Crippen LogP contribution in [0.4, 0.5) is 0 Å². The largest absolute Gasteiger partial charge is 0.493 e. The number of aliphatic hydroxyl groups is 1. The Hall–Kier alpha value is -1.28. The van der Waals surface area contributed by atoms with Gasteiger partial charge in [-0.2, -0.15) is 0 Å². The lowest BCUT2D eigenvalue weighted by Gasteiger charge is -2.07. The van der Waals surface area contributed by atoms with E-state index in [0.29, 0.717) is 6.61 Å². The minimum absolute atomic E-state index is 0.276. The number of aryl methyl sites for hydroxylation is 1. The minimum Gasteiger partial charge on any atom is -0.493 e. The molecule has 2 rings (SSSR count). The summed E-state index contributed by atoms with van der Waals surface area (Å²) in [5, 5.41) is 9.63. The normalized spacial score (nSPS) is 18.6. The lowest BCUT2D eigenvalue weighted by molar-refractivity contribution is 0.180. The minimum atomic E-state index is -0.276. The van der Waals surface area contributed by atoms with Crippen molar-refractivity contribution in [3.8, 4) is 5.75 Å². The van der Waals surface area contributed by atoms with Crippen molar-refractivity contribution in [2.24, 2.45) is 0 Å². The molecule has 0 bridgehead atoms. The Morgan fingerprint density at radius 2 is 2.40 bits per heavy atom. The molecule has 2 nitrogen and oxygen atoms in total. The molecule has 1 aromatic rings. The van der Waals surface area contributed by atoms with E-state index in [1.54, 1.807) is 0 Å². The zero-order valence-electron chi connectivity index (χ0n) is 8.78. The van der Waals surface area contributed by atoms with Crippen LogP contribution in [-0.2, 0) is 6.42 Å². The van der Waals surface area contributed by atoms with Crippen LogP contribution in [0.25, 0.3) is 0 Å². The van der Waals surface area contributed by atoms with E-state index in [-0.39, 0.29) is 6.10 Å². The highest BCUT2D eigenvalue weighted by atomic mass is 16.5. The van der Waals surface area contributed by atoms with Crippen molar-refractivity contribution in [3.63, 3.8) is 0 Å². The van der Waals surface area contributed by atoms with E-state index in [9.17, 15) is 5.11 Å². The van der Waals surface area contributed by atoms with Gasteiger partial charge in [0, 0.05) is 0 Å². The predicted molar refractivity (Wildman–Crippen MR) is 60.0 cm³/mol. The highest BCUT2D eigenvalue weighted by Crippen LogP contribution is 2.33. The maximum Gasteiger partial charge on any atom is 0.119 e. The second-order valence-corrected chi connectivity index (χ2v) is 3.84. The smallest absolute Gasteiger partial charge is 0.119 e. The van der Waals surface area contributed by atoms with Gasteiger partial charge in [0.05, 0.1) is 12.7 Å². The first-order valence-electron chi connectivity index (χ1n) is 5.36. The van der Waals surface area contributed by atoms with Gasteiger partial charge in [0.15, 0.2) is 0 Å². The molecule has 80 valence electrons. The molecule has 2 heteroatoms. The van der Waals surface area contributed by atoms with Gasteiger partial charge in [-0.15, -0.1) is 6.58 Å². The Kier molecular flexibility index (Phi) is 3.07. The highest BCUT2D eigenvalue weighted by molar-refractivity contribution is 5.39. The average Bonchev–Trinajstić information content (AvgIpc) is 2.61. The maximum atomic E-state index is 9.63. The SMILES string of the molecule is C=CCCOc1ccc2c(c1)CC[C@H]2O. The van der Waals surface area contributed by atoms with Gasteiger partial charge in [-0.1, -0.05) is 12.1 Å². The molecule has 0 fully saturated rings. The Balaban J connectivity index is 2.06. The van der Waals surface area contributed by atoms with Crippen molar-refractivity contribution in [3.05, 3.63) is 42.0 Å². The molecule has 0 aromatic heterocycles. The summed E-state index contributed by atoms with van der Waals surface area (Å²) in [6.07, 6.45) is 4.22. The summed E-state index contributed by atoms with van der Waals surface area (Å²) >= 11 is 0. The third kappa shape index (κ3) is 2.21. The number of fused-ring (bicyclic) bond motifs is 1. The van der Waals surface area contributed by atoms with Gasteiger partial charge in [0.2, 0.25) is 0 Å². The number of hydrogen-bond acceptors (Lipinski definition) is 2. The van der Waals surface area contributed by atoms with Crippen LogP contribution in [0.2, 0.25) is 0 Å². The quantitative estimate of drug-likeness (QED) is 0.603. The molecule has 0 radical (unpaired) electrons. The van der Waals surface area contributed by atoms with Gasteiger partial charge in [-0.05, 0) is 42.5 Å². The van der Waals surface area contributed by atoms with Crippen molar-refractivity contribution in [1.29, 1.82) is 0 Å². The van der Waals surface area contributed by atoms with Gasteiger partial charge < -0.3 is 9.84 Å². The summed E-state index contributed by atoms with van der Waals surface area (Å²) in [4.78, 5) is 0. The van der Waals surface area contributed by atoms with Crippen LogP contribution in [-0.4, -0.2) is 11.7 Å². The standard InChI is InChI=1S/C13H16O2/c1-2-3-8-15-11-5-6-12-10(9-11)4-7-13(12)14/h2,5-6,9,13-14H,1,3-4,7-8H2/t13-/m1/s1. The Bertz CT molecular complexity index is 358. The van der Waals surface area contributed by atoms with Crippen LogP contribution in [0, 0.1) is 0 Å². The van der Waals surface area contributed by atoms with Crippen LogP contribution in [0.15, 0.2) is 30.9 Å². The van der Waals surface area contributed by atoms with E-state index < -0.39 is 0 Å². The lowest BCUT2D eigenvalue weighted by atomic mass is 10.1. The van der Waals surface area contributed by atoms with Crippen LogP contribution in [0.5, 0.6) is 5.75 Å². The first-order valence-corrected chi connectivity index (χ1v) is 5.36. The first-order chi connectivity index (χ1) is 7.31. The Labute approximate surface area is 90.2 Å². The van der Waals surface area contributed by atoms with E-state index in [2.05, 4.69) is 6.58 Å². The molecule has 0 spiro atoms. The molecule has 0 saturated carbocycles. The summed E-state index contributed by atoms with van der Waals surface area (Å²) < 4.78 is 5.55. The molecule has 0 amide bonds. The van der Waals surface area contributed by atoms with Gasteiger partial charge >= 0.3 is 0 Å². The number of benzene rings is 1. The molecule has 1 aliphatic carbocycles. The fourth-order valence-electron chi connectivity index (χ4n) is 1.92. The average molecular weight is 204 g/mol. The van der Waals surface area contributed by atoms with Crippen LogP contribution in [0.3, 0.4) is 0 Å². The van der Waals surface area contributed by atoms with Gasteiger partial charge in [-0.25, -0.2) is 0 Å². The summed E-state index contributed by atoms with van der Waals surface area (Å²) in [6.45, 7) is 4.32. The molecule has 1 aliphatic rings. The summed E-state index contributed by atoms with van der Waals surface area (Å²) in [5.74, 6) is 0.893. The second-order valence-electron chi connectivity index (χ2n) is 3.84. The zero-order chi connectivity index (χ0) is 10.7. The topological polar surface area (TPSA) is 29.5 Å². The van der Waals surface area contributed by atoms with Crippen molar-refractivity contribution >= 4 is 0 Å². The molecule has 1 N–H and O–H groups in total. The molecule has 0 heterocycles. The number of hydrogen-bond donors (Lipinski definition) is 1. The van der Waals surface area contributed by atoms with Crippen LogP contribution >= 0.6 is 0 Å². The molecule has 1 atom stereocenters. The molecule has 15 heavy (non-hydrogen) atoms. The fourth-order valence-corrected chi connectivity index (χ4v) is 1.92. The number of ether oxygens (including phenoxy) is 1. The van der Waals surface area contributed by atoms with E-state index in [4.69, 9.17) is 4.74 Å². The Morgan fingerprint density at radius 3 is 3.20 bits per heavy atom. The molecule has 1 aromatic carbocycles. The summed E-state index contributed by atoms with van der Waals surface area (Å²) in [7, 11) is 0. The van der Waals surface area contributed by atoms with E-state index in [1.165, 1.54) is 5.56 Å². The third-order valence-electron chi connectivity index (χ3n) is 2.75. The lowest BCUT2D eigenvalue weighted by Crippen LogP contribution is -1.96. The Morgan fingerprint density at radius 1 is 1.53 bits per heavy atom. The van der Waals surface area contributed by atoms with E-state index in [1.807, 2.05) is 24.3 Å². The molecule has 0 saturated heterocycles. The van der Waals surface area contributed by atoms with Gasteiger partial charge in [-0.3, -0.25) is 0 Å². The van der Waals surface area contributed by atoms with Crippen molar-refractivity contribution in [1.82, 2.24) is 0 Å². The van der Waals surface area contributed by atoms with Crippen molar-refractivity contribution in [2.45, 2.75) is 25.4 Å². The van der Waals surface area contributed by atoms with Gasteiger partial charge in [0.25, 0.3) is 0 Å². The molecule has 0 aliphatic heterocycles. The summed E-state index contributed by atoms with van der Waals surface area (Å²) in [5.41, 5.74) is 2.28. The predicted octanol–water partition coefficient (Wildman–Crippen LogP) is 2.62. The molecular weight excluding hydrogens is 188 g/mol.